The molecule has 19 heavy (non-hydrogen) atoms. The molecule has 2 heterocycles. The second-order valence-corrected chi connectivity index (χ2v) is 4.49. The highest BCUT2D eigenvalue weighted by molar-refractivity contribution is 6.02. The summed E-state index contributed by atoms with van der Waals surface area (Å²) in [5.41, 5.74) is 2.99. The van der Waals surface area contributed by atoms with Crippen molar-refractivity contribution in [3.8, 4) is 11.3 Å². The van der Waals surface area contributed by atoms with Crippen LogP contribution in [0.1, 0.15) is 0 Å². The number of benzene rings is 2. The Balaban J connectivity index is 2.12. The first-order chi connectivity index (χ1) is 9.43. The fourth-order valence-electron chi connectivity index (χ4n) is 2.52. The largest absolute Gasteiger partial charge is 0.346 e. The van der Waals surface area contributed by atoms with E-state index in [1.54, 1.807) is 6.33 Å². The molecule has 0 amide bonds. The molecule has 2 aromatic heterocycles. The molecule has 2 aromatic carbocycles. The molecule has 0 unspecified atom stereocenters. The normalized spacial score (nSPS) is 11.2. The van der Waals surface area contributed by atoms with Crippen molar-refractivity contribution < 1.29 is 0 Å². The van der Waals surface area contributed by atoms with Gasteiger partial charge in [-0.2, -0.15) is 0 Å². The van der Waals surface area contributed by atoms with Gasteiger partial charge in [0, 0.05) is 17.1 Å². The summed E-state index contributed by atoms with van der Waals surface area (Å²) in [6.45, 7) is 0. The molecule has 4 rings (SSSR count). The second kappa shape index (κ2) is 3.92. The first kappa shape index (κ1) is 10.3. The lowest BCUT2D eigenvalue weighted by Gasteiger charge is -2.06. The van der Waals surface area contributed by atoms with Gasteiger partial charge in [-0.15, -0.1) is 0 Å². The molecular formula is C16H11N3. The van der Waals surface area contributed by atoms with E-state index in [1.165, 1.54) is 10.8 Å². The summed E-state index contributed by atoms with van der Waals surface area (Å²) in [5.74, 6) is 0. The molecular weight excluding hydrogens is 234 g/mol. The summed E-state index contributed by atoms with van der Waals surface area (Å²) in [4.78, 5) is 11.8. The minimum absolute atomic E-state index is 0.873. The third-order valence-corrected chi connectivity index (χ3v) is 3.40. The number of fused-ring (bicyclic) bond motifs is 2. The summed E-state index contributed by atoms with van der Waals surface area (Å²) in [6, 6.07) is 16.7. The fraction of sp³-hybridized carbons (Fsp3) is 0. The summed E-state index contributed by atoms with van der Waals surface area (Å²) < 4.78 is 0. The van der Waals surface area contributed by atoms with Crippen LogP contribution in [-0.2, 0) is 0 Å². The number of aromatic amines is 1. The number of hydrogen-bond donors (Lipinski definition) is 1. The van der Waals surface area contributed by atoms with Crippen molar-refractivity contribution >= 4 is 21.8 Å². The van der Waals surface area contributed by atoms with Crippen LogP contribution in [0, 0.1) is 0 Å². The van der Waals surface area contributed by atoms with Crippen LogP contribution in [0.15, 0.2) is 61.1 Å². The van der Waals surface area contributed by atoms with Gasteiger partial charge in [-0.1, -0.05) is 42.5 Å². The van der Waals surface area contributed by atoms with Gasteiger partial charge in [0.25, 0.3) is 0 Å². The van der Waals surface area contributed by atoms with Crippen LogP contribution >= 0.6 is 0 Å². The van der Waals surface area contributed by atoms with E-state index in [4.69, 9.17) is 0 Å². The van der Waals surface area contributed by atoms with Gasteiger partial charge >= 0.3 is 0 Å². The average Bonchev–Trinajstić information content (AvgIpc) is 2.95. The average molecular weight is 245 g/mol. The monoisotopic (exact) mass is 245 g/mol. The van der Waals surface area contributed by atoms with Crippen molar-refractivity contribution in [2.45, 2.75) is 0 Å². The van der Waals surface area contributed by atoms with Gasteiger partial charge < -0.3 is 4.98 Å². The lowest BCUT2D eigenvalue weighted by molar-refractivity contribution is 1.20. The summed E-state index contributed by atoms with van der Waals surface area (Å²) in [7, 11) is 0. The molecule has 0 spiro atoms. The third-order valence-electron chi connectivity index (χ3n) is 3.40. The minimum atomic E-state index is 0.873. The van der Waals surface area contributed by atoms with E-state index in [9.17, 15) is 0 Å². The van der Waals surface area contributed by atoms with Gasteiger partial charge in [-0.05, 0) is 16.8 Å². The van der Waals surface area contributed by atoms with Crippen molar-refractivity contribution in [3.63, 3.8) is 0 Å². The number of hydrogen-bond acceptors (Lipinski definition) is 2. The Morgan fingerprint density at radius 1 is 0.789 bits per heavy atom. The molecule has 0 bridgehead atoms. The standard InChI is InChI=1S/C16H11N3/c1-2-6-12-11(4-1)5-3-7-13(12)15-14-8-9-17-16(14)19-10-18-15/h1-10H,(H,17,18,19). The predicted octanol–water partition coefficient (Wildman–Crippen LogP) is 3.78. The Hall–Kier alpha value is -2.68. The number of rotatable bonds is 1. The molecule has 0 fully saturated rings. The zero-order valence-electron chi connectivity index (χ0n) is 10.2. The van der Waals surface area contributed by atoms with E-state index in [2.05, 4.69) is 57.4 Å². The van der Waals surface area contributed by atoms with Gasteiger partial charge in [-0.3, -0.25) is 0 Å². The highest BCUT2D eigenvalue weighted by Gasteiger charge is 2.09. The van der Waals surface area contributed by atoms with E-state index in [0.717, 1.165) is 22.3 Å². The topological polar surface area (TPSA) is 41.6 Å². The van der Waals surface area contributed by atoms with Crippen LogP contribution in [0.25, 0.3) is 33.1 Å². The summed E-state index contributed by atoms with van der Waals surface area (Å²) >= 11 is 0. The van der Waals surface area contributed by atoms with Crippen LogP contribution in [0.5, 0.6) is 0 Å². The third kappa shape index (κ3) is 1.52. The quantitative estimate of drug-likeness (QED) is 0.554. The maximum atomic E-state index is 4.47. The van der Waals surface area contributed by atoms with Crippen LogP contribution in [-0.4, -0.2) is 15.0 Å². The minimum Gasteiger partial charge on any atom is -0.346 e. The van der Waals surface area contributed by atoms with Gasteiger partial charge in [0.2, 0.25) is 0 Å². The van der Waals surface area contributed by atoms with Crippen LogP contribution in [0.2, 0.25) is 0 Å². The van der Waals surface area contributed by atoms with Gasteiger partial charge in [0.05, 0.1) is 5.69 Å². The van der Waals surface area contributed by atoms with E-state index in [1.807, 2.05) is 12.3 Å². The predicted molar refractivity (Wildman–Crippen MR) is 76.8 cm³/mol. The Morgan fingerprint density at radius 3 is 2.68 bits per heavy atom. The smallest absolute Gasteiger partial charge is 0.141 e. The maximum absolute atomic E-state index is 4.47. The molecule has 90 valence electrons. The van der Waals surface area contributed by atoms with E-state index in [0.29, 0.717) is 0 Å². The molecule has 3 heteroatoms. The van der Waals surface area contributed by atoms with E-state index < -0.39 is 0 Å². The number of aromatic nitrogens is 3. The summed E-state index contributed by atoms with van der Waals surface area (Å²) in [6.07, 6.45) is 3.50. The van der Waals surface area contributed by atoms with Gasteiger partial charge in [-0.25, -0.2) is 9.97 Å². The van der Waals surface area contributed by atoms with Crippen molar-refractivity contribution in [2.24, 2.45) is 0 Å². The molecule has 0 aliphatic heterocycles. The molecule has 0 radical (unpaired) electrons. The molecule has 0 saturated heterocycles. The van der Waals surface area contributed by atoms with Crippen LogP contribution < -0.4 is 0 Å². The Labute approximate surface area is 110 Å². The van der Waals surface area contributed by atoms with Crippen molar-refractivity contribution in [2.75, 3.05) is 0 Å². The Morgan fingerprint density at radius 2 is 1.68 bits per heavy atom. The Bertz CT molecular complexity index is 872. The van der Waals surface area contributed by atoms with E-state index in [-0.39, 0.29) is 0 Å². The SMILES string of the molecule is c1ccc2c(-c3ncnc4[nH]ccc34)cccc2c1. The Kier molecular flexibility index (Phi) is 2.12. The number of nitrogens with one attached hydrogen (secondary N) is 1. The highest BCUT2D eigenvalue weighted by atomic mass is 14.9. The molecule has 0 aliphatic rings. The molecule has 0 aliphatic carbocycles. The van der Waals surface area contributed by atoms with Crippen molar-refractivity contribution in [1.29, 1.82) is 0 Å². The van der Waals surface area contributed by atoms with E-state index >= 15 is 0 Å². The van der Waals surface area contributed by atoms with Crippen LogP contribution in [0.3, 0.4) is 0 Å². The molecule has 3 nitrogen and oxygen atoms in total. The van der Waals surface area contributed by atoms with Crippen molar-refractivity contribution in [3.05, 3.63) is 61.1 Å². The second-order valence-electron chi connectivity index (χ2n) is 4.49. The fourth-order valence-corrected chi connectivity index (χ4v) is 2.52. The lowest BCUT2D eigenvalue weighted by atomic mass is 10.0. The first-order valence-corrected chi connectivity index (χ1v) is 6.20. The van der Waals surface area contributed by atoms with Crippen molar-refractivity contribution in [1.82, 2.24) is 15.0 Å². The first-order valence-electron chi connectivity index (χ1n) is 6.20. The number of nitrogens with zero attached hydrogens (tertiary/aromatic N) is 2. The molecule has 1 N–H and O–H groups in total. The maximum Gasteiger partial charge on any atom is 0.141 e. The van der Waals surface area contributed by atoms with Gasteiger partial charge in [0.15, 0.2) is 0 Å². The zero-order valence-corrected chi connectivity index (χ0v) is 10.2. The molecule has 0 atom stereocenters. The van der Waals surface area contributed by atoms with Crippen LogP contribution in [0.4, 0.5) is 0 Å². The molecule has 0 saturated carbocycles. The number of H-pyrrole nitrogens is 1. The van der Waals surface area contributed by atoms with Gasteiger partial charge in [0.1, 0.15) is 12.0 Å². The lowest BCUT2D eigenvalue weighted by Crippen LogP contribution is -1.88. The molecule has 4 aromatic rings. The summed E-state index contributed by atoms with van der Waals surface area (Å²) in [5, 5.41) is 3.49. The highest BCUT2D eigenvalue weighted by Crippen LogP contribution is 2.30. The zero-order chi connectivity index (χ0) is 12.7.